The Morgan fingerprint density at radius 1 is 0.960 bits per heavy atom. The maximum Gasteiger partial charge on any atom is 0.223 e. The number of hydrogen-bond acceptors (Lipinski definition) is 4. The summed E-state index contributed by atoms with van der Waals surface area (Å²) in [7, 11) is -3.46. The van der Waals surface area contributed by atoms with Crippen molar-refractivity contribution in [3.05, 3.63) is 48.5 Å². The minimum absolute atomic E-state index is 0.0650. The number of alkyl halides is 1. The van der Waals surface area contributed by atoms with Gasteiger partial charge in [-0.05, 0) is 48.5 Å². The maximum atomic E-state index is 11.6. The second-order valence-corrected chi connectivity index (χ2v) is 7.37. The van der Waals surface area contributed by atoms with Gasteiger partial charge in [0.25, 0.3) is 0 Å². The zero-order valence-electron chi connectivity index (χ0n) is 13.0. The molecule has 0 spiro atoms. The topological polar surface area (TPSA) is 146 Å². The first-order chi connectivity index (χ1) is 11.8. The molecule has 0 aliphatic carbocycles. The lowest BCUT2D eigenvalue weighted by molar-refractivity contribution is 0.482. The number of sulfone groups is 1. The molecule has 0 unspecified atom stereocenters. The molecule has 10 heteroatoms. The van der Waals surface area contributed by atoms with Gasteiger partial charge in [-0.25, -0.2) is 13.4 Å². The third-order valence-electron chi connectivity index (χ3n) is 2.89. The molecule has 25 heavy (non-hydrogen) atoms. The SMILES string of the molecule is NC(N)=NC(N)=Nc1ccc(Oc2ccc(S(=O)(=O)CCl)cc2)cc1. The number of ether oxygens (including phenoxy) is 1. The second kappa shape index (κ2) is 7.86. The van der Waals surface area contributed by atoms with E-state index in [0.717, 1.165) is 0 Å². The monoisotopic (exact) mass is 381 g/mol. The number of nitrogens with two attached hydrogens (primary N) is 3. The van der Waals surface area contributed by atoms with Crippen molar-refractivity contribution < 1.29 is 13.2 Å². The average molecular weight is 382 g/mol. The predicted octanol–water partition coefficient (Wildman–Crippen LogP) is 1.67. The molecule has 0 aromatic heterocycles. The summed E-state index contributed by atoms with van der Waals surface area (Å²) in [6, 6.07) is 12.6. The van der Waals surface area contributed by atoms with Crippen LogP contribution in [-0.4, -0.2) is 25.5 Å². The zero-order valence-corrected chi connectivity index (χ0v) is 14.5. The van der Waals surface area contributed by atoms with E-state index < -0.39 is 15.0 Å². The van der Waals surface area contributed by atoms with Gasteiger partial charge >= 0.3 is 0 Å². The summed E-state index contributed by atoms with van der Waals surface area (Å²) in [6.45, 7) is 0. The van der Waals surface area contributed by atoms with Gasteiger partial charge in [-0.3, -0.25) is 0 Å². The van der Waals surface area contributed by atoms with E-state index in [9.17, 15) is 8.42 Å². The normalized spacial score (nSPS) is 11.8. The van der Waals surface area contributed by atoms with Crippen LogP contribution < -0.4 is 21.9 Å². The lowest BCUT2D eigenvalue weighted by Crippen LogP contribution is -2.26. The molecule has 0 amide bonds. The van der Waals surface area contributed by atoms with Crippen LogP contribution in [0.5, 0.6) is 11.5 Å². The zero-order chi connectivity index (χ0) is 18.4. The van der Waals surface area contributed by atoms with Gasteiger partial charge in [0, 0.05) is 0 Å². The Kier molecular flexibility index (Phi) is 5.84. The summed E-state index contributed by atoms with van der Waals surface area (Å²) in [5.74, 6) is 0.766. The molecule has 2 aromatic carbocycles. The lowest BCUT2D eigenvalue weighted by atomic mass is 10.3. The smallest absolute Gasteiger partial charge is 0.223 e. The molecule has 6 N–H and O–H groups in total. The molecule has 0 aliphatic heterocycles. The first-order valence-electron chi connectivity index (χ1n) is 6.90. The third kappa shape index (κ3) is 5.37. The van der Waals surface area contributed by atoms with Gasteiger partial charge in [-0.15, -0.1) is 11.6 Å². The van der Waals surface area contributed by atoms with Crippen LogP contribution in [0.3, 0.4) is 0 Å². The van der Waals surface area contributed by atoms with Gasteiger partial charge in [-0.1, -0.05) is 0 Å². The molecule has 0 radical (unpaired) electrons. The second-order valence-electron chi connectivity index (χ2n) is 4.80. The molecule has 0 saturated heterocycles. The first kappa shape index (κ1) is 18.6. The van der Waals surface area contributed by atoms with Gasteiger partial charge in [0.2, 0.25) is 5.96 Å². The number of halogens is 1. The van der Waals surface area contributed by atoms with Crippen LogP contribution in [0.15, 0.2) is 63.4 Å². The molecular formula is C15H16ClN5O3S. The van der Waals surface area contributed by atoms with Gasteiger partial charge in [-0.2, -0.15) is 4.99 Å². The quantitative estimate of drug-likeness (QED) is 0.407. The number of aliphatic imine (C=N–C) groups is 2. The van der Waals surface area contributed by atoms with E-state index in [1.165, 1.54) is 12.1 Å². The molecular weight excluding hydrogens is 366 g/mol. The standard InChI is InChI=1S/C15H16ClN5O3S/c16-9-25(22,23)13-7-5-12(6-8-13)24-11-3-1-10(2-4-11)20-15(19)21-14(17)18/h1-8H,9H2,(H6,17,18,19,20,21). The summed E-state index contributed by atoms with van der Waals surface area (Å²) in [5.41, 5.74) is 16.5. The van der Waals surface area contributed by atoms with Crippen LogP contribution in [0.25, 0.3) is 0 Å². The van der Waals surface area contributed by atoms with Crippen molar-refractivity contribution in [2.24, 2.45) is 27.2 Å². The van der Waals surface area contributed by atoms with Crippen molar-refractivity contribution in [1.82, 2.24) is 0 Å². The highest BCUT2D eigenvalue weighted by Crippen LogP contribution is 2.25. The summed E-state index contributed by atoms with van der Waals surface area (Å²) < 4.78 is 28.9. The van der Waals surface area contributed by atoms with E-state index in [1.54, 1.807) is 36.4 Å². The average Bonchev–Trinajstić information content (AvgIpc) is 2.56. The highest BCUT2D eigenvalue weighted by molar-refractivity contribution is 7.92. The maximum absolute atomic E-state index is 11.6. The minimum Gasteiger partial charge on any atom is -0.457 e. The van der Waals surface area contributed by atoms with E-state index >= 15 is 0 Å². The fraction of sp³-hybridized carbons (Fsp3) is 0.0667. The number of benzene rings is 2. The molecule has 8 nitrogen and oxygen atoms in total. The lowest BCUT2D eigenvalue weighted by Gasteiger charge is -2.07. The molecule has 0 fully saturated rings. The highest BCUT2D eigenvalue weighted by atomic mass is 35.5. The number of nitrogens with zero attached hydrogens (tertiary/aromatic N) is 2. The van der Waals surface area contributed by atoms with Crippen molar-refractivity contribution >= 4 is 39.0 Å². The third-order valence-corrected chi connectivity index (χ3v) is 5.03. The minimum atomic E-state index is -3.46. The van der Waals surface area contributed by atoms with E-state index in [2.05, 4.69) is 9.98 Å². The van der Waals surface area contributed by atoms with Crippen molar-refractivity contribution in [3.8, 4) is 11.5 Å². The molecule has 0 aliphatic rings. The Labute approximate surface area is 149 Å². The van der Waals surface area contributed by atoms with Crippen LogP contribution in [-0.2, 0) is 9.84 Å². The van der Waals surface area contributed by atoms with Gasteiger partial charge in [0.05, 0.1) is 10.6 Å². The fourth-order valence-corrected chi connectivity index (χ4v) is 2.85. The summed E-state index contributed by atoms with van der Waals surface area (Å²) >= 11 is 5.42. The Morgan fingerprint density at radius 2 is 1.48 bits per heavy atom. The highest BCUT2D eigenvalue weighted by Gasteiger charge is 2.12. The van der Waals surface area contributed by atoms with E-state index in [-0.39, 0.29) is 16.8 Å². The van der Waals surface area contributed by atoms with Crippen LogP contribution in [0.4, 0.5) is 5.69 Å². The van der Waals surface area contributed by atoms with Crippen molar-refractivity contribution in [2.75, 3.05) is 5.21 Å². The van der Waals surface area contributed by atoms with Crippen molar-refractivity contribution in [1.29, 1.82) is 0 Å². The number of hydrogen-bond donors (Lipinski definition) is 3. The number of guanidine groups is 2. The van der Waals surface area contributed by atoms with Crippen molar-refractivity contribution in [3.63, 3.8) is 0 Å². The molecule has 132 valence electrons. The molecule has 0 atom stereocenters. The van der Waals surface area contributed by atoms with E-state index in [4.69, 9.17) is 33.5 Å². The first-order valence-corrected chi connectivity index (χ1v) is 9.09. The Morgan fingerprint density at radius 3 is 1.96 bits per heavy atom. The molecule has 0 saturated carbocycles. The Hall–Kier alpha value is -2.78. The van der Waals surface area contributed by atoms with Crippen LogP contribution in [0.2, 0.25) is 0 Å². The van der Waals surface area contributed by atoms with Gasteiger partial charge in [0.1, 0.15) is 16.7 Å². The summed E-state index contributed by atoms with van der Waals surface area (Å²) in [6.07, 6.45) is 0. The Balaban J connectivity index is 2.10. The molecule has 2 aromatic rings. The Bertz CT molecular complexity index is 890. The van der Waals surface area contributed by atoms with E-state index in [0.29, 0.717) is 17.2 Å². The van der Waals surface area contributed by atoms with Crippen LogP contribution >= 0.6 is 11.6 Å². The summed E-state index contributed by atoms with van der Waals surface area (Å²) in [5, 5.41) is -0.474. The van der Waals surface area contributed by atoms with Crippen LogP contribution in [0, 0.1) is 0 Å². The summed E-state index contributed by atoms with van der Waals surface area (Å²) in [4.78, 5) is 7.75. The molecule has 0 bridgehead atoms. The van der Waals surface area contributed by atoms with Crippen LogP contribution in [0.1, 0.15) is 0 Å². The molecule has 0 heterocycles. The van der Waals surface area contributed by atoms with Gasteiger partial charge in [0.15, 0.2) is 15.8 Å². The predicted molar refractivity (Wildman–Crippen MR) is 98.0 cm³/mol. The number of rotatable bonds is 5. The molecule has 2 rings (SSSR count). The van der Waals surface area contributed by atoms with E-state index in [1.807, 2.05) is 0 Å². The fourth-order valence-electron chi connectivity index (χ4n) is 1.79. The van der Waals surface area contributed by atoms with Gasteiger partial charge < -0.3 is 21.9 Å². The van der Waals surface area contributed by atoms with Crippen molar-refractivity contribution in [2.45, 2.75) is 4.90 Å². The largest absolute Gasteiger partial charge is 0.457 e.